The number of hydrazone groups is 1. The average molecular weight is 405 g/mol. The molecule has 9 heteroatoms. The van der Waals surface area contributed by atoms with E-state index in [2.05, 4.69) is 31.8 Å². The van der Waals surface area contributed by atoms with Gasteiger partial charge in [-0.25, -0.2) is 5.43 Å². The minimum atomic E-state index is -0.560. The van der Waals surface area contributed by atoms with Gasteiger partial charge in [0.15, 0.2) is 0 Å². The van der Waals surface area contributed by atoms with Crippen molar-refractivity contribution in [3.8, 4) is 0 Å². The van der Waals surface area contributed by atoms with E-state index in [4.69, 9.17) is 0 Å². The molecule has 0 atom stereocenters. The normalized spacial score (nSPS) is 10.4. The molecule has 2 rings (SSSR count). The zero-order valence-corrected chi connectivity index (χ0v) is 14.4. The fourth-order valence-electron chi connectivity index (χ4n) is 1.88. The number of nitrogens with one attached hydrogen (secondary N) is 2. The number of nitro benzene ring substituents is 1. The third-order valence-corrected chi connectivity index (χ3v) is 3.75. The zero-order chi connectivity index (χ0) is 18.2. The summed E-state index contributed by atoms with van der Waals surface area (Å²) in [4.78, 5) is 34.0. The van der Waals surface area contributed by atoms with Crippen LogP contribution in [0.15, 0.2) is 58.1 Å². The molecule has 0 fully saturated rings. The van der Waals surface area contributed by atoms with Gasteiger partial charge >= 0.3 is 0 Å². The van der Waals surface area contributed by atoms with Gasteiger partial charge in [-0.2, -0.15) is 5.10 Å². The molecular weight excluding hydrogens is 392 g/mol. The highest BCUT2D eigenvalue weighted by atomic mass is 79.9. The second kappa shape index (κ2) is 8.69. The number of carbonyl (C=O) groups excluding carboxylic acids is 2. The molecule has 25 heavy (non-hydrogen) atoms. The summed E-state index contributed by atoms with van der Waals surface area (Å²) >= 11 is 3.25. The lowest BCUT2D eigenvalue weighted by Gasteiger charge is -2.05. The Labute approximate surface area is 151 Å². The van der Waals surface area contributed by atoms with Gasteiger partial charge in [-0.05, 0) is 34.1 Å². The topological polar surface area (TPSA) is 114 Å². The number of nitrogens with zero attached hydrogens (tertiary/aromatic N) is 2. The molecule has 0 aliphatic heterocycles. The molecular formula is C16H13BrN4O4. The highest BCUT2D eigenvalue weighted by Gasteiger charge is 2.11. The number of nitro groups is 1. The fourth-order valence-corrected chi connectivity index (χ4v) is 2.34. The SMILES string of the molecule is O=C(CNC(=O)c1ccccc1Br)N/N=C/c1ccccc1[N+](=O)[O-]. The molecule has 2 aromatic carbocycles. The van der Waals surface area contributed by atoms with Gasteiger partial charge in [0.2, 0.25) is 0 Å². The summed E-state index contributed by atoms with van der Waals surface area (Å²) in [6.07, 6.45) is 1.17. The van der Waals surface area contributed by atoms with E-state index in [1.165, 1.54) is 24.4 Å². The van der Waals surface area contributed by atoms with Gasteiger partial charge in [-0.15, -0.1) is 0 Å². The predicted octanol–water partition coefficient (Wildman–Crippen LogP) is 2.24. The van der Waals surface area contributed by atoms with Crippen LogP contribution in [0, 0.1) is 10.1 Å². The second-order valence-corrected chi connectivity index (χ2v) is 5.63. The van der Waals surface area contributed by atoms with E-state index < -0.39 is 16.7 Å². The van der Waals surface area contributed by atoms with Gasteiger partial charge in [0.05, 0.1) is 28.8 Å². The minimum absolute atomic E-state index is 0.122. The molecule has 0 aliphatic carbocycles. The van der Waals surface area contributed by atoms with Crippen LogP contribution in [0.3, 0.4) is 0 Å². The molecule has 0 radical (unpaired) electrons. The van der Waals surface area contributed by atoms with Crippen LogP contribution >= 0.6 is 15.9 Å². The van der Waals surface area contributed by atoms with Gasteiger partial charge in [-0.1, -0.05) is 24.3 Å². The molecule has 128 valence electrons. The van der Waals surface area contributed by atoms with Crippen LogP contribution in [0.2, 0.25) is 0 Å². The van der Waals surface area contributed by atoms with Gasteiger partial charge in [0.1, 0.15) is 0 Å². The van der Waals surface area contributed by atoms with E-state index in [1.807, 2.05) is 0 Å². The second-order valence-electron chi connectivity index (χ2n) is 4.77. The summed E-state index contributed by atoms with van der Waals surface area (Å²) in [6.45, 7) is -0.283. The highest BCUT2D eigenvalue weighted by Crippen LogP contribution is 2.16. The third kappa shape index (κ3) is 5.21. The lowest BCUT2D eigenvalue weighted by atomic mass is 10.2. The van der Waals surface area contributed by atoms with Gasteiger partial charge < -0.3 is 5.32 Å². The molecule has 0 bridgehead atoms. The Morgan fingerprint density at radius 1 is 1.16 bits per heavy atom. The largest absolute Gasteiger partial charge is 0.343 e. The average Bonchev–Trinajstić information content (AvgIpc) is 2.60. The Balaban J connectivity index is 1.88. The summed E-state index contributed by atoms with van der Waals surface area (Å²) in [5.74, 6) is -0.972. The molecule has 0 spiro atoms. The first-order valence-corrected chi connectivity index (χ1v) is 7.86. The van der Waals surface area contributed by atoms with Crippen molar-refractivity contribution < 1.29 is 14.5 Å². The maximum Gasteiger partial charge on any atom is 0.278 e. The summed E-state index contributed by atoms with van der Waals surface area (Å²) in [5, 5.41) is 17.0. The zero-order valence-electron chi connectivity index (χ0n) is 12.8. The van der Waals surface area contributed by atoms with Crippen LogP contribution in [0.1, 0.15) is 15.9 Å². The van der Waals surface area contributed by atoms with Crippen molar-refractivity contribution in [2.24, 2.45) is 5.10 Å². The lowest BCUT2D eigenvalue weighted by Crippen LogP contribution is -2.35. The van der Waals surface area contributed by atoms with E-state index in [9.17, 15) is 19.7 Å². The van der Waals surface area contributed by atoms with Gasteiger partial charge in [0.25, 0.3) is 17.5 Å². The van der Waals surface area contributed by atoms with Crippen LogP contribution in [-0.4, -0.2) is 29.5 Å². The Morgan fingerprint density at radius 2 is 1.84 bits per heavy atom. The van der Waals surface area contributed by atoms with Crippen LogP contribution in [-0.2, 0) is 4.79 Å². The maximum atomic E-state index is 12.0. The molecule has 0 aromatic heterocycles. The molecule has 0 saturated heterocycles. The Kier molecular flexibility index (Phi) is 6.35. The number of para-hydroxylation sites is 1. The van der Waals surface area contributed by atoms with Crippen LogP contribution in [0.5, 0.6) is 0 Å². The maximum absolute atomic E-state index is 12.0. The van der Waals surface area contributed by atoms with Crippen molar-refractivity contribution in [3.05, 3.63) is 74.2 Å². The Hall–Kier alpha value is -3.07. The summed E-state index contributed by atoms with van der Waals surface area (Å²) in [5.41, 5.74) is 2.73. The van der Waals surface area contributed by atoms with Crippen LogP contribution < -0.4 is 10.7 Å². The van der Waals surface area contributed by atoms with Crippen molar-refractivity contribution in [3.63, 3.8) is 0 Å². The fraction of sp³-hybridized carbons (Fsp3) is 0.0625. The summed E-state index contributed by atoms with van der Waals surface area (Å²) in [6, 6.07) is 12.8. The van der Waals surface area contributed by atoms with Crippen molar-refractivity contribution >= 4 is 39.6 Å². The molecule has 2 aromatic rings. The van der Waals surface area contributed by atoms with Gasteiger partial charge in [-0.3, -0.25) is 19.7 Å². The molecule has 2 amide bonds. The number of hydrogen-bond acceptors (Lipinski definition) is 5. The minimum Gasteiger partial charge on any atom is -0.343 e. The summed E-state index contributed by atoms with van der Waals surface area (Å²) in [7, 11) is 0. The van der Waals surface area contributed by atoms with Gasteiger partial charge in [0, 0.05) is 10.5 Å². The van der Waals surface area contributed by atoms with E-state index in [-0.39, 0.29) is 17.8 Å². The number of amides is 2. The van der Waals surface area contributed by atoms with Crippen LogP contribution in [0.25, 0.3) is 0 Å². The van der Waals surface area contributed by atoms with Crippen molar-refractivity contribution in [1.82, 2.24) is 10.7 Å². The number of carbonyl (C=O) groups is 2. The van der Waals surface area contributed by atoms with E-state index in [0.29, 0.717) is 10.0 Å². The molecule has 0 saturated carbocycles. The van der Waals surface area contributed by atoms with Crippen molar-refractivity contribution in [2.45, 2.75) is 0 Å². The molecule has 0 aliphatic rings. The van der Waals surface area contributed by atoms with Crippen LogP contribution in [0.4, 0.5) is 5.69 Å². The molecule has 0 unspecified atom stereocenters. The number of hydrogen-bond donors (Lipinski definition) is 2. The first kappa shape index (κ1) is 18.3. The first-order chi connectivity index (χ1) is 12.0. The highest BCUT2D eigenvalue weighted by molar-refractivity contribution is 9.10. The molecule has 2 N–H and O–H groups in total. The molecule has 8 nitrogen and oxygen atoms in total. The number of rotatable bonds is 6. The number of halogens is 1. The monoisotopic (exact) mass is 404 g/mol. The predicted molar refractivity (Wildman–Crippen MR) is 95.3 cm³/mol. The molecule has 0 heterocycles. The van der Waals surface area contributed by atoms with Crippen molar-refractivity contribution in [1.29, 1.82) is 0 Å². The first-order valence-electron chi connectivity index (χ1n) is 7.07. The third-order valence-electron chi connectivity index (χ3n) is 3.05. The Bertz CT molecular complexity index is 838. The lowest BCUT2D eigenvalue weighted by molar-refractivity contribution is -0.385. The van der Waals surface area contributed by atoms with E-state index >= 15 is 0 Å². The van der Waals surface area contributed by atoms with E-state index in [0.717, 1.165) is 0 Å². The summed E-state index contributed by atoms with van der Waals surface area (Å²) < 4.78 is 0.613. The van der Waals surface area contributed by atoms with E-state index in [1.54, 1.807) is 30.3 Å². The standard InChI is InChI=1S/C16H13BrN4O4/c17-13-7-3-2-6-12(13)16(23)18-10-15(22)20-19-9-11-5-1-4-8-14(11)21(24)25/h1-9H,10H2,(H,18,23)(H,20,22)/b19-9+. The Morgan fingerprint density at radius 3 is 2.56 bits per heavy atom. The quantitative estimate of drug-likeness (QED) is 0.436. The van der Waals surface area contributed by atoms with Crippen molar-refractivity contribution in [2.75, 3.05) is 6.54 Å². The smallest absolute Gasteiger partial charge is 0.278 e. The number of benzene rings is 2.